The Labute approximate surface area is 94.2 Å². The molecule has 15 heavy (non-hydrogen) atoms. The molecular formula is C13H26N2. The Morgan fingerprint density at radius 1 is 1.13 bits per heavy atom. The van der Waals surface area contributed by atoms with Gasteiger partial charge in [0, 0.05) is 18.6 Å². The van der Waals surface area contributed by atoms with Crippen molar-refractivity contribution in [2.45, 2.75) is 64.5 Å². The van der Waals surface area contributed by atoms with E-state index in [9.17, 15) is 0 Å². The van der Waals surface area contributed by atoms with E-state index in [1.54, 1.807) is 0 Å². The first-order chi connectivity index (χ1) is 7.07. The molecule has 0 amide bonds. The second kappa shape index (κ2) is 4.42. The van der Waals surface area contributed by atoms with E-state index in [2.05, 4.69) is 18.7 Å². The molecule has 0 spiro atoms. The van der Waals surface area contributed by atoms with Gasteiger partial charge in [-0.25, -0.2) is 0 Å². The van der Waals surface area contributed by atoms with Crippen molar-refractivity contribution in [2.75, 3.05) is 13.1 Å². The molecule has 1 heterocycles. The van der Waals surface area contributed by atoms with Crippen molar-refractivity contribution >= 4 is 0 Å². The molecule has 1 aliphatic heterocycles. The minimum Gasteiger partial charge on any atom is -0.327 e. The molecule has 0 aromatic heterocycles. The normalized spacial score (nSPS) is 34.2. The highest BCUT2D eigenvalue weighted by atomic mass is 15.2. The number of piperidine rings is 1. The van der Waals surface area contributed by atoms with Crippen molar-refractivity contribution in [2.24, 2.45) is 11.1 Å². The van der Waals surface area contributed by atoms with Crippen molar-refractivity contribution in [1.82, 2.24) is 4.90 Å². The summed E-state index contributed by atoms with van der Waals surface area (Å²) in [6, 6.07) is 1.28. The molecule has 2 aliphatic rings. The maximum absolute atomic E-state index is 6.04. The predicted molar refractivity (Wildman–Crippen MR) is 64.8 cm³/mol. The van der Waals surface area contributed by atoms with Crippen LogP contribution in [-0.4, -0.2) is 30.1 Å². The molecule has 0 radical (unpaired) electrons. The van der Waals surface area contributed by atoms with Crippen LogP contribution in [0.5, 0.6) is 0 Å². The number of nitrogens with two attached hydrogens (primary N) is 1. The quantitative estimate of drug-likeness (QED) is 0.720. The van der Waals surface area contributed by atoms with Gasteiger partial charge in [0.05, 0.1) is 0 Å². The fourth-order valence-electron chi connectivity index (χ4n) is 3.12. The zero-order chi connectivity index (χ0) is 10.9. The molecule has 2 heteroatoms. The maximum Gasteiger partial charge on any atom is 0.0168 e. The topological polar surface area (TPSA) is 29.3 Å². The Bertz CT molecular complexity index is 203. The molecule has 2 rings (SSSR count). The van der Waals surface area contributed by atoms with E-state index < -0.39 is 0 Å². The van der Waals surface area contributed by atoms with Gasteiger partial charge >= 0.3 is 0 Å². The average Bonchev–Trinajstić information content (AvgIpc) is 2.17. The van der Waals surface area contributed by atoms with Gasteiger partial charge < -0.3 is 5.73 Å². The van der Waals surface area contributed by atoms with Gasteiger partial charge in [0.2, 0.25) is 0 Å². The van der Waals surface area contributed by atoms with E-state index in [1.165, 1.54) is 45.1 Å². The Hall–Kier alpha value is -0.0800. The lowest BCUT2D eigenvalue weighted by atomic mass is 9.75. The van der Waals surface area contributed by atoms with Gasteiger partial charge in [-0.2, -0.15) is 0 Å². The third-order valence-corrected chi connectivity index (χ3v) is 4.31. The molecule has 1 saturated heterocycles. The van der Waals surface area contributed by atoms with E-state index in [0.29, 0.717) is 11.5 Å². The van der Waals surface area contributed by atoms with Gasteiger partial charge in [0.1, 0.15) is 0 Å². The van der Waals surface area contributed by atoms with E-state index in [-0.39, 0.29) is 0 Å². The lowest BCUT2D eigenvalue weighted by Gasteiger charge is -2.42. The summed E-state index contributed by atoms with van der Waals surface area (Å²) in [5, 5.41) is 0. The second-order valence-corrected chi connectivity index (χ2v) is 6.29. The largest absolute Gasteiger partial charge is 0.327 e. The molecule has 1 unspecified atom stereocenters. The van der Waals surface area contributed by atoms with E-state index in [0.717, 1.165) is 12.6 Å². The molecule has 2 nitrogen and oxygen atoms in total. The number of hydrogen-bond acceptors (Lipinski definition) is 2. The third kappa shape index (κ3) is 2.94. The summed E-state index contributed by atoms with van der Waals surface area (Å²) in [6.07, 6.45) is 8.10. The molecule has 1 saturated carbocycles. The predicted octanol–water partition coefficient (Wildman–Crippen LogP) is 2.38. The SMILES string of the molecule is CC1(C)CCC(N2CCCC(N)C2)CC1. The number of nitrogens with zero attached hydrogens (tertiary/aromatic N) is 1. The molecule has 0 bridgehead atoms. The van der Waals surface area contributed by atoms with Crippen LogP contribution in [0.3, 0.4) is 0 Å². The first-order valence-electron chi connectivity index (χ1n) is 6.56. The lowest BCUT2D eigenvalue weighted by Crippen LogP contribution is -2.49. The molecule has 1 aliphatic carbocycles. The van der Waals surface area contributed by atoms with Gasteiger partial charge in [-0.15, -0.1) is 0 Å². The highest BCUT2D eigenvalue weighted by Crippen LogP contribution is 2.37. The van der Waals surface area contributed by atoms with Crippen LogP contribution in [0.1, 0.15) is 52.4 Å². The Kier molecular flexibility index (Phi) is 3.36. The standard InChI is InChI=1S/C13H26N2/c1-13(2)7-5-12(6-8-13)15-9-3-4-11(14)10-15/h11-12H,3-10,14H2,1-2H3. The zero-order valence-electron chi connectivity index (χ0n) is 10.3. The highest BCUT2D eigenvalue weighted by molar-refractivity contribution is 4.87. The molecule has 0 aromatic carbocycles. The van der Waals surface area contributed by atoms with Crippen LogP contribution in [0.15, 0.2) is 0 Å². The fourth-order valence-corrected chi connectivity index (χ4v) is 3.12. The number of hydrogen-bond donors (Lipinski definition) is 1. The summed E-state index contributed by atoms with van der Waals surface area (Å²) in [6.45, 7) is 7.25. The minimum absolute atomic E-state index is 0.439. The minimum atomic E-state index is 0.439. The van der Waals surface area contributed by atoms with Gasteiger partial charge in [-0.05, 0) is 50.5 Å². The van der Waals surface area contributed by atoms with Crippen LogP contribution < -0.4 is 5.73 Å². The first kappa shape index (κ1) is 11.4. The molecule has 2 N–H and O–H groups in total. The zero-order valence-corrected chi connectivity index (χ0v) is 10.3. The summed E-state index contributed by atoms with van der Waals surface area (Å²) in [7, 11) is 0. The average molecular weight is 210 g/mol. The first-order valence-corrected chi connectivity index (χ1v) is 6.56. The van der Waals surface area contributed by atoms with Gasteiger partial charge in [-0.3, -0.25) is 4.90 Å². The van der Waals surface area contributed by atoms with Crippen molar-refractivity contribution in [3.8, 4) is 0 Å². The molecule has 1 atom stereocenters. The van der Waals surface area contributed by atoms with Crippen LogP contribution in [-0.2, 0) is 0 Å². The maximum atomic E-state index is 6.04. The summed E-state index contributed by atoms with van der Waals surface area (Å²) in [5.41, 5.74) is 6.64. The van der Waals surface area contributed by atoms with Crippen molar-refractivity contribution in [3.63, 3.8) is 0 Å². The summed E-state index contributed by atoms with van der Waals surface area (Å²) in [5.74, 6) is 0. The number of likely N-dealkylation sites (tertiary alicyclic amines) is 1. The van der Waals surface area contributed by atoms with Crippen molar-refractivity contribution in [3.05, 3.63) is 0 Å². The fraction of sp³-hybridized carbons (Fsp3) is 1.00. The van der Waals surface area contributed by atoms with E-state index in [1.807, 2.05) is 0 Å². The van der Waals surface area contributed by atoms with Crippen molar-refractivity contribution < 1.29 is 0 Å². The van der Waals surface area contributed by atoms with Crippen LogP contribution in [0, 0.1) is 5.41 Å². The molecule has 2 fully saturated rings. The Balaban J connectivity index is 1.84. The van der Waals surface area contributed by atoms with Crippen molar-refractivity contribution in [1.29, 1.82) is 0 Å². The van der Waals surface area contributed by atoms with Crippen LogP contribution in [0.4, 0.5) is 0 Å². The van der Waals surface area contributed by atoms with E-state index in [4.69, 9.17) is 5.73 Å². The van der Waals surface area contributed by atoms with Crippen LogP contribution in [0.25, 0.3) is 0 Å². The number of rotatable bonds is 1. The summed E-state index contributed by atoms with van der Waals surface area (Å²) in [4.78, 5) is 2.66. The Morgan fingerprint density at radius 2 is 1.80 bits per heavy atom. The van der Waals surface area contributed by atoms with Crippen LogP contribution in [0.2, 0.25) is 0 Å². The van der Waals surface area contributed by atoms with Crippen LogP contribution >= 0.6 is 0 Å². The van der Waals surface area contributed by atoms with Gasteiger partial charge in [0.15, 0.2) is 0 Å². The summed E-state index contributed by atoms with van der Waals surface area (Å²) < 4.78 is 0. The molecular weight excluding hydrogens is 184 g/mol. The van der Waals surface area contributed by atoms with Gasteiger partial charge in [0.25, 0.3) is 0 Å². The second-order valence-electron chi connectivity index (χ2n) is 6.29. The molecule has 88 valence electrons. The van der Waals surface area contributed by atoms with Gasteiger partial charge in [-0.1, -0.05) is 13.8 Å². The highest BCUT2D eigenvalue weighted by Gasteiger charge is 2.31. The summed E-state index contributed by atoms with van der Waals surface area (Å²) >= 11 is 0. The third-order valence-electron chi connectivity index (χ3n) is 4.31. The monoisotopic (exact) mass is 210 g/mol. The lowest BCUT2D eigenvalue weighted by molar-refractivity contribution is 0.0841. The van der Waals surface area contributed by atoms with E-state index >= 15 is 0 Å². The Morgan fingerprint density at radius 3 is 2.40 bits per heavy atom. The smallest absolute Gasteiger partial charge is 0.0168 e. The molecule has 0 aromatic rings.